The van der Waals surface area contributed by atoms with Gasteiger partial charge < -0.3 is 5.11 Å². The monoisotopic (exact) mass is 306 g/mol. The molecule has 0 saturated carbocycles. The first kappa shape index (κ1) is 15.0. The van der Waals surface area contributed by atoms with Gasteiger partial charge in [-0.25, -0.2) is 13.4 Å². The van der Waals surface area contributed by atoms with E-state index in [4.69, 9.17) is 5.11 Å². The Morgan fingerprint density at radius 1 is 1.38 bits per heavy atom. The van der Waals surface area contributed by atoms with Gasteiger partial charge in [0.25, 0.3) is 10.0 Å². The molecule has 0 aliphatic heterocycles. The first-order valence-electron chi connectivity index (χ1n) is 6.05. The highest BCUT2D eigenvalue weighted by Gasteiger charge is 2.22. The predicted molar refractivity (Wildman–Crippen MR) is 77.1 cm³/mol. The van der Waals surface area contributed by atoms with Crippen LogP contribution in [0.2, 0.25) is 0 Å². The van der Waals surface area contributed by atoms with Gasteiger partial charge in [0, 0.05) is 0 Å². The van der Waals surface area contributed by atoms with Gasteiger partial charge in [-0.05, 0) is 31.9 Å². The van der Waals surface area contributed by atoms with Crippen LogP contribution < -0.4 is 4.72 Å². The lowest BCUT2D eigenvalue weighted by Gasteiger charge is -2.07. The summed E-state index contributed by atoms with van der Waals surface area (Å²) in [7, 11) is -3.77. The molecule has 8 heteroatoms. The summed E-state index contributed by atoms with van der Waals surface area (Å²) in [6.07, 6.45) is 0. The van der Waals surface area contributed by atoms with Crippen LogP contribution in [0.1, 0.15) is 17.1 Å². The molecule has 0 radical (unpaired) electrons. The fraction of sp³-hybridized carbons (Fsp3) is 0.231. The van der Waals surface area contributed by atoms with Crippen LogP contribution in [-0.4, -0.2) is 35.3 Å². The molecule has 7 nitrogen and oxygen atoms in total. The van der Waals surface area contributed by atoms with Crippen LogP contribution in [0.3, 0.4) is 0 Å². The molecule has 110 valence electrons. The Kier molecular flexibility index (Phi) is 4.26. The molecule has 0 aliphatic carbocycles. The molecule has 0 amide bonds. The standard InChI is InChI=1S/C13H14N4O3S/c1-9-13(10(2)16-15-9)21(19,20)17-12-7-3-5-11(14-12)6-4-8-18/h3,5,7,18H,8H2,1-2H3,(H,14,17)(H,15,16). The van der Waals surface area contributed by atoms with Crippen molar-refractivity contribution in [2.45, 2.75) is 18.7 Å². The number of pyridine rings is 1. The molecule has 0 atom stereocenters. The van der Waals surface area contributed by atoms with Crippen LogP contribution in [0.25, 0.3) is 0 Å². The summed E-state index contributed by atoms with van der Waals surface area (Å²) < 4.78 is 27.1. The zero-order valence-corrected chi connectivity index (χ0v) is 12.3. The number of hydrogen-bond acceptors (Lipinski definition) is 5. The topological polar surface area (TPSA) is 108 Å². The largest absolute Gasteiger partial charge is 0.384 e. The van der Waals surface area contributed by atoms with Crippen LogP contribution in [-0.2, 0) is 10.0 Å². The smallest absolute Gasteiger partial charge is 0.266 e. The number of aromatic nitrogens is 3. The number of hydrogen-bond donors (Lipinski definition) is 3. The molecule has 2 rings (SSSR count). The van der Waals surface area contributed by atoms with Crippen molar-refractivity contribution in [3.8, 4) is 11.8 Å². The third-order valence-corrected chi connectivity index (χ3v) is 4.23. The summed E-state index contributed by atoms with van der Waals surface area (Å²) >= 11 is 0. The lowest BCUT2D eigenvalue weighted by atomic mass is 10.3. The fourth-order valence-electron chi connectivity index (χ4n) is 1.82. The summed E-state index contributed by atoms with van der Waals surface area (Å²) in [5, 5.41) is 15.1. The molecular weight excluding hydrogens is 292 g/mol. The molecular formula is C13H14N4O3S. The number of aliphatic hydroxyl groups excluding tert-OH is 1. The number of nitrogens with one attached hydrogen (secondary N) is 2. The third-order valence-electron chi connectivity index (χ3n) is 2.61. The van der Waals surface area contributed by atoms with Crippen molar-refractivity contribution < 1.29 is 13.5 Å². The van der Waals surface area contributed by atoms with Crippen LogP contribution >= 0.6 is 0 Å². The first-order valence-corrected chi connectivity index (χ1v) is 7.53. The number of H-pyrrole nitrogens is 1. The Bertz CT molecular complexity index is 796. The average Bonchev–Trinajstić information content (AvgIpc) is 2.76. The normalized spacial score (nSPS) is 10.8. The van der Waals surface area contributed by atoms with Crippen molar-refractivity contribution in [3.63, 3.8) is 0 Å². The molecule has 3 N–H and O–H groups in total. The van der Waals surface area contributed by atoms with E-state index in [2.05, 4.69) is 31.7 Å². The van der Waals surface area contributed by atoms with E-state index >= 15 is 0 Å². The molecule has 0 fully saturated rings. The zero-order chi connectivity index (χ0) is 15.5. The fourth-order valence-corrected chi connectivity index (χ4v) is 3.19. The lowest BCUT2D eigenvalue weighted by molar-refractivity contribution is 0.350. The van der Waals surface area contributed by atoms with Crippen molar-refractivity contribution in [2.75, 3.05) is 11.3 Å². The highest BCUT2D eigenvalue weighted by Crippen LogP contribution is 2.19. The van der Waals surface area contributed by atoms with E-state index in [-0.39, 0.29) is 17.3 Å². The molecule has 2 aromatic heterocycles. The zero-order valence-electron chi connectivity index (χ0n) is 11.5. The highest BCUT2D eigenvalue weighted by atomic mass is 32.2. The Labute approximate surface area is 122 Å². The molecule has 0 saturated heterocycles. The van der Waals surface area contributed by atoms with Gasteiger partial charge in [-0.1, -0.05) is 12.0 Å². The predicted octanol–water partition coefficient (Wildman–Crippen LogP) is 0.566. The Hall–Kier alpha value is -2.37. The van der Waals surface area contributed by atoms with Crippen molar-refractivity contribution in [1.82, 2.24) is 15.2 Å². The van der Waals surface area contributed by atoms with Gasteiger partial charge in [0.05, 0.1) is 11.4 Å². The van der Waals surface area contributed by atoms with Gasteiger partial charge >= 0.3 is 0 Å². The highest BCUT2D eigenvalue weighted by molar-refractivity contribution is 7.92. The lowest BCUT2D eigenvalue weighted by Crippen LogP contribution is -2.15. The quantitative estimate of drug-likeness (QED) is 0.718. The van der Waals surface area contributed by atoms with Gasteiger partial charge in [-0.2, -0.15) is 5.10 Å². The Morgan fingerprint density at radius 3 is 2.76 bits per heavy atom. The number of aryl methyl sites for hydroxylation is 2. The van der Waals surface area contributed by atoms with Gasteiger partial charge in [0.15, 0.2) is 0 Å². The van der Waals surface area contributed by atoms with Crippen LogP contribution in [0.15, 0.2) is 23.1 Å². The molecule has 2 heterocycles. The maximum Gasteiger partial charge on any atom is 0.266 e. The van der Waals surface area contributed by atoms with Crippen molar-refractivity contribution >= 4 is 15.8 Å². The van der Waals surface area contributed by atoms with Crippen molar-refractivity contribution in [3.05, 3.63) is 35.3 Å². The summed E-state index contributed by atoms with van der Waals surface area (Å²) in [5.41, 5.74) is 1.21. The van der Waals surface area contributed by atoms with Crippen molar-refractivity contribution in [2.24, 2.45) is 0 Å². The van der Waals surface area contributed by atoms with E-state index in [1.165, 1.54) is 6.07 Å². The van der Waals surface area contributed by atoms with Crippen molar-refractivity contribution in [1.29, 1.82) is 0 Å². The summed E-state index contributed by atoms with van der Waals surface area (Å²) in [4.78, 5) is 4.17. The molecule has 0 bridgehead atoms. The molecule has 21 heavy (non-hydrogen) atoms. The van der Waals surface area contributed by atoms with E-state index < -0.39 is 10.0 Å². The van der Waals surface area contributed by atoms with Gasteiger partial charge in [0.2, 0.25) is 0 Å². The van der Waals surface area contributed by atoms with E-state index in [1.54, 1.807) is 26.0 Å². The van der Waals surface area contributed by atoms with E-state index in [1.807, 2.05) is 0 Å². The second kappa shape index (κ2) is 5.95. The van der Waals surface area contributed by atoms with Gasteiger partial charge in [0.1, 0.15) is 23.0 Å². The second-order valence-corrected chi connectivity index (χ2v) is 5.86. The number of anilines is 1. The van der Waals surface area contributed by atoms with Gasteiger partial charge in [-0.3, -0.25) is 9.82 Å². The molecule has 0 aromatic carbocycles. The summed E-state index contributed by atoms with van der Waals surface area (Å²) in [6, 6.07) is 4.77. The van der Waals surface area contributed by atoms with E-state index in [0.29, 0.717) is 17.1 Å². The summed E-state index contributed by atoms with van der Waals surface area (Å²) in [5.74, 6) is 5.22. The number of aromatic amines is 1. The van der Waals surface area contributed by atoms with Gasteiger partial charge in [-0.15, -0.1) is 0 Å². The second-order valence-electron chi connectivity index (χ2n) is 4.24. The SMILES string of the molecule is Cc1n[nH]c(C)c1S(=O)(=O)Nc1cccc(C#CCO)n1. The number of sulfonamides is 1. The first-order chi connectivity index (χ1) is 9.94. The minimum absolute atomic E-state index is 0.108. The van der Waals surface area contributed by atoms with Crippen LogP contribution in [0.4, 0.5) is 5.82 Å². The number of nitrogens with zero attached hydrogens (tertiary/aromatic N) is 2. The summed E-state index contributed by atoms with van der Waals surface area (Å²) in [6.45, 7) is 2.95. The maximum absolute atomic E-state index is 12.3. The molecule has 0 unspecified atom stereocenters. The maximum atomic E-state index is 12.3. The average molecular weight is 306 g/mol. The Morgan fingerprint density at radius 2 is 2.14 bits per heavy atom. The Balaban J connectivity index is 2.33. The number of aliphatic hydroxyl groups is 1. The minimum Gasteiger partial charge on any atom is -0.384 e. The van der Waals surface area contributed by atoms with Crippen LogP contribution in [0.5, 0.6) is 0 Å². The molecule has 2 aromatic rings. The molecule has 0 aliphatic rings. The molecule has 0 spiro atoms. The number of rotatable bonds is 3. The van der Waals surface area contributed by atoms with E-state index in [9.17, 15) is 8.42 Å². The third kappa shape index (κ3) is 3.39. The van der Waals surface area contributed by atoms with Crippen LogP contribution in [0, 0.1) is 25.7 Å². The van der Waals surface area contributed by atoms with E-state index in [0.717, 1.165) is 0 Å². The minimum atomic E-state index is -3.77.